The molecule has 2 aliphatic rings. The summed E-state index contributed by atoms with van der Waals surface area (Å²) in [7, 11) is 0. The van der Waals surface area contributed by atoms with Gasteiger partial charge in [0, 0.05) is 18.1 Å². The molecule has 2 amide bonds. The minimum Gasteiger partial charge on any atom is -0.447 e. The highest BCUT2D eigenvalue weighted by Crippen LogP contribution is 2.26. The van der Waals surface area contributed by atoms with Crippen molar-refractivity contribution in [3.8, 4) is 0 Å². The first kappa shape index (κ1) is 17.3. The second-order valence-corrected chi connectivity index (χ2v) is 6.23. The SMILES string of the molecule is [N-]=[N+]=NC(C(=O)N1C(=O)OC[C@H]1Cc1ccccc1)C1CCOCC1. The highest BCUT2D eigenvalue weighted by molar-refractivity contribution is 5.96. The monoisotopic (exact) mass is 344 g/mol. The van der Waals surface area contributed by atoms with Gasteiger partial charge in [-0.1, -0.05) is 35.4 Å². The predicted octanol–water partition coefficient (Wildman–Crippen LogP) is 2.68. The van der Waals surface area contributed by atoms with Gasteiger partial charge in [0.25, 0.3) is 0 Å². The maximum atomic E-state index is 13.0. The first-order valence-corrected chi connectivity index (χ1v) is 8.36. The van der Waals surface area contributed by atoms with Gasteiger partial charge in [0.15, 0.2) is 0 Å². The van der Waals surface area contributed by atoms with Gasteiger partial charge in [-0.15, -0.1) is 0 Å². The Morgan fingerprint density at radius 3 is 2.72 bits per heavy atom. The molecule has 0 spiro atoms. The second kappa shape index (κ2) is 8.00. The van der Waals surface area contributed by atoms with Crippen molar-refractivity contribution in [2.45, 2.75) is 31.3 Å². The van der Waals surface area contributed by atoms with Gasteiger partial charge in [0.05, 0.1) is 6.04 Å². The summed E-state index contributed by atoms with van der Waals surface area (Å²) in [5.41, 5.74) is 9.88. The van der Waals surface area contributed by atoms with E-state index < -0.39 is 24.1 Å². The van der Waals surface area contributed by atoms with Crippen LogP contribution in [-0.4, -0.2) is 48.8 Å². The zero-order valence-electron chi connectivity index (χ0n) is 13.8. The molecule has 25 heavy (non-hydrogen) atoms. The lowest BCUT2D eigenvalue weighted by atomic mass is 9.91. The molecule has 0 radical (unpaired) electrons. The molecule has 2 fully saturated rings. The molecule has 8 heteroatoms. The van der Waals surface area contributed by atoms with Crippen LogP contribution in [-0.2, 0) is 20.7 Å². The normalized spacial score (nSPS) is 22.2. The number of benzene rings is 1. The van der Waals surface area contributed by atoms with Crippen molar-refractivity contribution in [3.63, 3.8) is 0 Å². The quantitative estimate of drug-likeness (QED) is 0.465. The molecular weight excluding hydrogens is 324 g/mol. The minimum atomic E-state index is -0.905. The zero-order chi connectivity index (χ0) is 17.6. The number of carbonyl (C=O) groups is 2. The molecule has 0 N–H and O–H groups in total. The van der Waals surface area contributed by atoms with Crippen LogP contribution in [0.3, 0.4) is 0 Å². The van der Waals surface area contributed by atoms with E-state index in [1.54, 1.807) is 0 Å². The van der Waals surface area contributed by atoms with Gasteiger partial charge in [0.1, 0.15) is 12.6 Å². The number of carbonyl (C=O) groups excluding carboxylic acids is 2. The highest BCUT2D eigenvalue weighted by atomic mass is 16.6. The summed E-state index contributed by atoms with van der Waals surface area (Å²) in [5.74, 6) is -0.601. The third kappa shape index (κ3) is 3.92. The van der Waals surface area contributed by atoms with E-state index in [-0.39, 0.29) is 12.5 Å². The molecule has 3 rings (SSSR count). The summed E-state index contributed by atoms with van der Waals surface area (Å²) in [5, 5.41) is 3.69. The maximum absolute atomic E-state index is 13.0. The number of rotatable bonds is 5. The van der Waals surface area contributed by atoms with Crippen LogP contribution >= 0.6 is 0 Å². The Kier molecular flexibility index (Phi) is 5.53. The summed E-state index contributed by atoms with van der Waals surface area (Å²) < 4.78 is 10.4. The van der Waals surface area contributed by atoms with Gasteiger partial charge in [0.2, 0.25) is 5.91 Å². The van der Waals surface area contributed by atoms with Gasteiger partial charge >= 0.3 is 6.09 Å². The minimum absolute atomic E-state index is 0.122. The largest absolute Gasteiger partial charge is 0.447 e. The van der Waals surface area contributed by atoms with Crippen molar-refractivity contribution in [2.24, 2.45) is 11.0 Å². The molecule has 0 saturated carbocycles. The summed E-state index contributed by atoms with van der Waals surface area (Å²) in [6, 6.07) is 8.31. The highest BCUT2D eigenvalue weighted by Gasteiger charge is 2.42. The Hall–Kier alpha value is -2.57. The number of nitrogens with zero attached hydrogens (tertiary/aromatic N) is 4. The van der Waals surface area contributed by atoms with Crippen LogP contribution in [0, 0.1) is 5.92 Å². The predicted molar refractivity (Wildman–Crippen MR) is 88.6 cm³/mol. The van der Waals surface area contributed by atoms with Crippen LogP contribution in [0.25, 0.3) is 10.4 Å². The van der Waals surface area contributed by atoms with E-state index in [1.807, 2.05) is 30.3 Å². The molecular formula is C17H20N4O4. The Bertz CT molecular complexity index is 668. The van der Waals surface area contributed by atoms with Crippen molar-refractivity contribution < 1.29 is 19.1 Å². The Balaban J connectivity index is 1.78. The van der Waals surface area contributed by atoms with Crippen LogP contribution in [0.4, 0.5) is 4.79 Å². The van der Waals surface area contributed by atoms with E-state index in [2.05, 4.69) is 10.0 Å². The average molecular weight is 344 g/mol. The Morgan fingerprint density at radius 1 is 1.32 bits per heavy atom. The van der Waals surface area contributed by atoms with Crippen LogP contribution in [0.15, 0.2) is 35.4 Å². The number of hydrogen-bond donors (Lipinski definition) is 0. The fourth-order valence-electron chi connectivity index (χ4n) is 3.34. The Labute approximate surface area is 145 Å². The van der Waals surface area contributed by atoms with Crippen molar-refractivity contribution in [3.05, 3.63) is 46.3 Å². The number of hydrogen-bond acceptors (Lipinski definition) is 5. The van der Waals surface area contributed by atoms with Gasteiger partial charge in [-0.05, 0) is 36.3 Å². The lowest BCUT2D eigenvalue weighted by Crippen LogP contribution is -2.48. The van der Waals surface area contributed by atoms with Crippen LogP contribution < -0.4 is 0 Å². The van der Waals surface area contributed by atoms with Crippen molar-refractivity contribution in [1.82, 2.24) is 4.90 Å². The van der Waals surface area contributed by atoms with Crippen molar-refractivity contribution in [1.29, 1.82) is 0 Å². The van der Waals surface area contributed by atoms with E-state index >= 15 is 0 Å². The summed E-state index contributed by atoms with van der Waals surface area (Å²) in [4.78, 5) is 29.0. The lowest BCUT2D eigenvalue weighted by molar-refractivity contribution is -0.132. The summed E-state index contributed by atoms with van der Waals surface area (Å²) >= 11 is 0. The first-order valence-electron chi connectivity index (χ1n) is 8.36. The fourth-order valence-corrected chi connectivity index (χ4v) is 3.34. The molecule has 2 saturated heterocycles. The molecule has 1 aromatic rings. The third-order valence-corrected chi connectivity index (χ3v) is 4.65. The van der Waals surface area contributed by atoms with Gasteiger partial charge in [-0.25, -0.2) is 9.69 Å². The van der Waals surface area contributed by atoms with Gasteiger partial charge in [-0.3, -0.25) is 4.79 Å². The van der Waals surface area contributed by atoms with Gasteiger partial charge < -0.3 is 9.47 Å². The zero-order valence-corrected chi connectivity index (χ0v) is 13.8. The van der Waals surface area contributed by atoms with Crippen molar-refractivity contribution in [2.75, 3.05) is 19.8 Å². The molecule has 132 valence electrons. The van der Waals surface area contributed by atoms with Crippen LogP contribution in [0.1, 0.15) is 18.4 Å². The number of cyclic esters (lactones) is 1. The molecule has 0 aliphatic carbocycles. The fraction of sp³-hybridized carbons (Fsp3) is 0.529. The number of imide groups is 1. The standard InChI is InChI=1S/C17H20N4O4/c18-20-19-15(13-6-8-24-9-7-13)16(22)21-14(11-25-17(21)23)10-12-4-2-1-3-5-12/h1-5,13-15H,6-11H2/t14-,15?/m1/s1. The molecule has 2 aliphatic heterocycles. The van der Waals surface area contributed by atoms with E-state index in [4.69, 9.17) is 15.0 Å². The third-order valence-electron chi connectivity index (χ3n) is 4.65. The smallest absolute Gasteiger partial charge is 0.416 e. The molecule has 2 atom stereocenters. The molecule has 0 aromatic heterocycles. The van der Waals surface area contributed by atoms with Crippen LogP contribution in [0.2, 0.25) is 0 Å². The molecule has 1 unspecified atom stereocenters. The van der Waals surface area contributed by atoms with Gasteiger partial charge in [-0.2, -0.15) is 0 Å². The average Bonchev–Trinajstić information content (AvgIpc) is 3.01. The number of azide groups is 1. The second-order valence-electron chi connectivity index (χ2n) is 6.23. The van der Waals surface area contributed by atoms with Crippen molar-refractivity contribution >= 4 is 12.0 Å². The van der Waals surface area contributed by atoms with E-state index in [1.165, 1.54) is 0 Å². The van der Waals surface area contributed by atoms with E-state index in [9.17, 15) is 9.59 Å². The Morgan fingerprint density at radius 2 is 2.04 bits per heavy atom. The maximum Gasteiger partial charge on any atom is 0.416 e. The van der Waals surface area contributed by atoms with Crippen LogP contribution in [0.5, 0.6) is 0 Å². The first-order chi connectivity index (χ1) is 12.2. The van der Waals surface area contributed by atoms with E-state index in [0.717, 1.165) is 10.5 Å². The molecule has 8 nitrogen and oxygen atoms in total. The molecule has 1 aromatic carbocycles. The number of amides is 2. The van der Waals surface area contributed by atoms with E-state index in [0.29, 0.717) is 32.5 Å². The molecule has 0 bridgehead atoms. The number of ether oxygens (including phenoxy) is 2. The topological polar surface area (TPSA) is 105 Å². The summed E-state index contributed by atoms with van der Waals surface area (Å²) in [6.45, 7) is 1.19. The summed E-state index contributed by atoms with van der Waals surface area (Å²) in [6.07, 6.45) is 1.09. The molecule has 2 heterocycles. The lowest BCUT2D eigenvalue weighted by Gasteiger charge is -2.29.